The van der Waals surface area contributed by atoms with Gasteiger partial charge in [0.2, 0.25) is 0 Å². The fourth-order valence-corrected chi connectivity index (χ4v) is 3.32. The maximum Gasteiger partial charge on any atom is 0.315 e. The third-order valence-electron chi connectivity index (χ3n) is 4.14. The summed E-state index contributed by atoms with van der Waals surface area (Å²) in [6.45, 7) is 2.57. The first kappa shape index (κ1) is 19.3. The number of likely N-dealkylation sites (N-methyl/N-ethyl adjacent to an activating group) is 1. The fraction of sp³-hybridized carbons (Fsp3) is 0.421. The van der Waals surface area contributed by atoms with Crippen molar-refractivity contribution in [2.75, 3.05) is 20.6 Å². The number of benzene rings is 1. The number of nitrogens with zero attached hydrogens (tertiary/aromatic N) is 1. The summed E-state index contributed by atoms with van der Waals surface area (Å²) in [7, 11) is 4.01. The second kappa shape index (κ2) is 9.44. The number of thiophene rings is 1. The highest BCUT2D eigenvalue weighted by atomic mass is 32.1. The zero-order valence-electron chi connectivity index (χ0n) is 15.0. The summed E-state index contributed by atoms with van der Waals surface area (Å²) in [4.78, 5) is 14.2. The number of carbonyl (C=O) groups is 1. The number of nitrogens with one attached hydrogen (secondary N) is 2. The maximum atomic E-state index is 12.1. The molecule has 0 aliphatic carbocycles. The number of urea groups is 1. The van der Waals surface area contributed by atoms with Gasteiger partial charge in [-0.2, -0.15) is 11.3 Å². The smallest absolute Gasteiger partial charge is 0.315 e. The molecule has 0 bridgehead atoms. The van der Waals surface area contributed by atoms with Gasteiger partial charge in [-0.15, -0.1) is 0 Å². The maximum absolute atomic E-state index is 12.1. The van der Waals surface area contributed by atoms with Crippen LogP contribution in [0.3, 0.4) is 0 Å². The van der Waals surface area contributed by atoms with E-state index >= 15 is 0 Å². The number of phenols is 1. The Kier molecular flexibility index (Phi) is 7.28. The minimum absolute atomic E-state index is 0.0875. The highest BCUT2D eigenvalue weighted by molar-refractivity contribution is 7.07. The number of aromatic hydroxyl groups is 1. The van der Waals surface area contributed by atoms with Gasteiger partial charge in [-0.25, -0.2) is 4.79 Å². The summed E-state index contributed by atoms with van der Waals surface area (Å²) in [5, 5.41) is 19.5. The molecule has 2 aromatic rings. The molecule has 3 N–H and O–H groups in total. The molecule has 0 aliphatic rings. The van der Waals surface area contributed by atoms with Crippen molar-refractivity contribution in [2.24, 2.45) is 0 Å². The minimum atomic E-state index is -0.139. The van der Waals surface area contributed by atoms with E-state index < -0.39 is 0 Å². The molecule has 1 unspecified atom stereocenters. The Labute approximate surface area is 153 Å². The number of phenolic OH excluding ortho intramolecular Hbond substituents is 1. The van der Waals surface area contributed by atoms with Crippen molar-refractivity contribution in [3.05, 3.63) is 52.2 Å². The van der Waals surface area contributed by atoms with Crippen LogP contribution < -0.4 is 10.6 Å². The lowest BCUT2D eigenvalue weighted by Gasteiger charge is -2.25. The molecule has 1 aromatic heterocycles. The molecular formula is C19H27N3O2S. The molecular weight excluding hydrogens is 334 g/mol. The first-order valence-electron chi connectivity index (χ1n) is 8.44. The Morgan fingerprint density at radius 3 is 2.48 bits per heavy atom. The monoisotopic (exact) mass is 361 g/mol. The molecule has 2 amide bonds. The van der Waals surface area contributed by atoms with E-state index in [1.807, 2.05) is 38.5 Å². The van der Waals surface area contributed by atoms with Gasteiger partial charge in [-0.1, -0.05) is 12.1 Å². The van der Waals surface area contributed by atoms with Crippen molar-refractivity contribution in [2.45, 2.75) is 31.8 Å². The van der Waals surface area contributed by atoms with Gasteiger partial charge in [0.25, 0.3) is 0 Å². The van der Waals surface area contributed by atoms with E-state index in [-0.39, 0.29) is 23.9 Å². The molecule has 0 aliphatic heterocycles. The molecule has 0 radical (unpaired) electrons. The average Bonchev–Trinajstić information content (AvgIpc) is 3.05. The second-order valence-corrected chi connectivity index (χ2v) is 7.36. The summed E-state index contributed by atoms with van der Waals surface area (Å²) < 4.78 is 0. The van der Waals surface area contributed by atoms with Crippen molar-refractivity contribution in [3.8, 4) is 5.75 Å². The van der Waals surface area contributed by atoms with E-state index in [4.69, 9.17) is 0 Å². The zero-order chi connectivity index (χ0) is 18.2. The van der Waals surface area contributed by atoms with Gasteiger partial charge >= 0.3 is 6.03 Å². The fourth-order valence-electron chi connectivity index (χ4n) is 2.64. The van der Waals surface area contributed by atoms with Crippen molar-refractivity contribution in [1.82, 2.24) is 15.5 Å². The number of carbonyl (C=O) groups excluding carboxylic acids is 1. The molecule has 2 rings (SSSR count). The third-order valence-corrected chi connectivity index (χ3v) is 4.87. The van der Waals surface area contributed by atoms with Crippen LogP contribution in [0.2, 0.25) is 0 Å². The quantitative estimate of drug-likeness (QED) is 0.677. The molecule has 2 atom stereocenters. The summed E-state index contributed by atoms with van der Waals surface area (Å²) >= 11 is 1.67. The van der Waals surface area contributed by atoms with Crippen molar-refractivity contribution in [3.63, 3.8) is 0 Å². The molecule has 1 heterocycles. The molecule has 0 saturated heterocycles. The van der Waals surface area contributed by atoms with Gasteiger partial charge in [0.05, 0.1) is 0 Å². The number of amides is 2. The van der Waals surface area contributed by atoms with Gasteiger partial charge in [-0.3, -0.25) is 0 Å². The SMILES string of the molecule is C[C@H](Cc1ccsc1)NC(=O)NCC(Cc1ccc(O)cc1)N(C)C. The molecule has 0 saturated carbocycles. The minimum Gasteiger partial charge on any atom is -0.508 e. The van der Waals surface area contributed by atoms with Gasteiger partial charge in [0.15, 0.2) is 0 Å². The lowest BCUT2D eigenvalue weighted by Crippen LogP contribution is -2.47. The van der Waals surface area contributed by atoms with Crippen LogP contribution in [0.15, 0.2) is 41.1 Å². The largest absolute Gasteiger partial charge is 0.508 e. The molecule has 1 aromatic carbocycles. The van der Waals surface area contributed by atoms with Crippen LogP contribution in [0.4, 0.5) is 4.79 Å². The van der Waals surface area contributed by atoms with E-state index in [0.717, 1.165) is 18.4 Å². The van der Waals surface area contributed by atoms with Crippen molar-refractivity contribution < 1.29 is 9.90 Å². The van der Waals surface area contributed by atoms with Crippen LogP contribution in [0.1, 0.15) is 18.1 Å². The van der Waals surface area contributed by atoms with Crippen LogP contribution in [0.5, 0.6) is 5.75 Å². The molecule has 5 nitrogen and oxygen atoms in total. The molecule has 25 heavy (non-hydrogen) atoms. The third kappa shape index (κ3) is 6.76. The first-order valence-corrected chi connectivity index (χ1v) is 9.38. The Morgan fingerprint density at radius 1 is 1.16 bits per heavy atom. The highest BCUT2D eigenvalue weighted by Gasteiger charge is 2.15. The second-order valence-electron chi connectivity index (χ2n) is 6.58. The normalized spacial score (nSPS) is 13.4. The molecule has 0 spiro atoms. The van der Waals surface area contributed by atoms with Crippen LogP contribution in [0, 0.1) is 0 Å². The van der Waals surface area contributed by atoms with E-state index in [1.165, 1.54) is 5.56 Å². The summed E-state index contributed by atoms with van der Waals surface area (Å²) in [6.07, 6.45) is 1.64. The van der Waals surface area contributed by atoms with Crippen molar-refractivity contribution >= 4 is 17.4 Å². The number of rotatable bonds is 8. The van der Waals surface area contributed by atoms with Crippen LogP contribution in [-0.2, 0) is 12.8 Å². The number of hydrogen-bond acceptors (Lipinski definition) is 4. The van der Waals surface area contributed by atoms with E-state index in [9.17, 15) is 9.90 Å². The Morgan fingerprint density at radius 2 is 1.88 bits per heavy atom. The van der Waals surface area contributed by atoms with E-state index in [0.29, 0.717) is 6.54 Å². The lowest BCUT2D eigenvalue weighted by molar-refractivity contribution is 0.229. The Bertz CT molecular complexity index is 641. The standard InChI is InChI=1S/C19H27N3O2S/c1-14(10-16-8-9-25-13-16)21-19(24)20-12-17(22(2)3)11-15-4-6-18(23)7-5-15/h4-9,13-14,17,23H,10-12H2,1-3H3,(H2,20,21,24)/t14-,17?/m1/s1. The molecule has 136 valence electrons. The van der Waals surface area contributed by atoms with Gasteiger partial charge in [0, 0.05) is 18.6 Å². The predicted molar refractivity (Wildman–Crippen MR) is 103 cm³/mol. The summed E-state index contributed by atoms with van der Waals surface area (Å²) in [6, 6.07) is 9.42. The zero-order valence-corrected chi connectivity index (χ0v) is 15.8. The average molecular weight is 362 g/mol. The van der Waals surface area contributed by atoms with Crippen molar-refractivity contribution in [1.29, 1.82) is 0 Å². The molecule has 0 fully saturated rings. The first-order chi connectivity index (χ1) is 11.9. The van der Waals surface area contributed by atoms with Crippen LogP contribution in [-0.4, -0.2) is 48.8 Å². The molecule has 6 heteroatoms. The van der Waals surface area contributed by atoms with Gasteiger partial charge in [-0.05, 0) is 73.9 Å². The number of hydrogen-bond donors (Lipinski definition) is 3. The Hall–Kier alpha value is -2.05. The summed E-state index contributed by atoms with van der Waals surface area (Å²) in [5.74, 6) is 0.266. The van der Waals surface area contributed by atoms with Gasteiger partial charge < -0.3 is 20.6 Å². The van der Waals surface area contributed by atoms with Crippen LogP contribution >= 0.6 is 11.3 Å². The summed E-state index contributed by atoms with van der Waals surface area (Å²) in [5.41, 5.74) is 2.38. The van der Waals surface area contributed by atoms with E-state index in [2.05, 4.69) is 27.0 Å². The van der Waals surface area contributed by atoms with E-state index in [1.54, 1.807) is 23.5 Å². The topological polar surface area (TPSA) is 64.6 Å². The lowest BCUT2D eigenvalue weighted by atomic mass is 10.0. The Balaban J connectivity index is 1.79. The van der Waals surface area contributed by atoms with Gasteiger partial charge in [0.1, 0.15) is 5.75 Å². The van der Waals surface area contributed by atoms with Crippen LogP contribution in [0.25, 0.3) is 0 Å². The predicted octanol–water partition coefficient (Wildman–Crippen LogP) is 2.86. The highest BCUT2D eigenvalue weighted by Crippen LogP contribution is 2.12.